The van der Waals surface area contributed by atoms with Crippen LogP contribution in [0.1, 0.15) is 19.4 Å². The first-order chi connectivity index (χ1) is 15.4. The molecule has 0 fully saturated rings. The molecule has 8 nitrogen and oxygen atoms in total. The van der Waals surface area contributed by atoms with Gasteiger partial charge in [-0.3, -0.25) is 4.98 Å². The van der Waals surface area contributed by atoms with Crippen LogP contribution in [-0.4, -0.2) is 32.6 Å². The van der Waals surface area contributed by atoms with E-state index >= 15 is 0 Å². The van der Waals surface area contributed by atoms with E-state index in [9.17, 15) is 8.42 Å². The standard InChI is InChI=1S/C23H24N4O4S/c1-16(2)31-20-6-4-5-18(13-20)27-23(25-14-17-7-9-19(30-3)10-8-17)26-21-11-12-24-15-22(21)32(27,28)29/h4-13,15-16H,14H2,1-3H3,(H,25,26). The first-order valence-electron chi connectivity index (χ1n) is 10.1. The van der Waals surface area contributed by atoms with E-state index in [1.54, 1.807) is 37.4 Å². The van der Waals surface area contributed by atoms with Crippen LogP contribution in [0.5, 0.6) is 11.5 Å². The van der Waals surface area contributed by atoms with E-state index < -0.39 is 10.0 Å². The van der Waals surface area contributed by atoms with Crippen LogP contribution in [0.4, 0.5) is 11.4 Å². The Labute approximate surface area is 187 Å². The highest BCUT2D eigenvalue weighted by Crippen LogP contribution is 2.34. The number of hydrogen-bond donors (Lipinski definition) is 1. The monoisotopic (exact) mass is 452 g/mol. The molecular formula is C23H24N4O4S. The third-order valence-corrected chi connectivity index (χ3v) is 6.48. The SMILES string of the molecule is COc1ccc(CN=C2Nc3ccncc3S(=O)(=O)N2c2cccc(OC(C)C)c2)cc1. The van der Waals surface area contributed by atoms with Crippen LogP contribution in [0.3, 0.4) is 0 Å². The number of ether oxygens (including phenoxy) is 2. The summed E-state index contributed by atoms with van der Waals surface area (Å²) in [6.45, 7) is 4.10. The minimum absolute atomic E-state index is 0.0468. The van der Waals surface area contributed by atoms with Crippen LogP contribution in [0.2, 0.25) is 0 Å². The molecule has 3 aromatic rings. The molecule has 2 aromatic carbocycles. The fraction of sp³-hybridized carbons (Fsp3) is 0.217. The minimum atomic E-state index is -3.94. The first-order valence-corrected chi connectivity index (χ1v) is 11.5. The van der Waals surface area contributed by atoms with Gasteiger partial charge in [0.15, 0.2) is 0 Å². The highest BCUT2D eigenvalue weighted by Gasteiger charge is 2.37. The van der Waals surface area contributed by atoms with E-state index in [4.69, 9.17) is 9.47 Å². The van der Waals surface area contributed by atoms with Gasteiger partial charge in [-0.15, -0.1) is 0 Å². The summed E-state index contributed by atoms with van der Waals surface area (Å²) in [6, 6.07) is 16.0. The average Bonchev–Trinajstić information content (AvgIpc) is 2.77. The maximum atomic E-state index is 13.6. The van der Waals surface area contributed by atoms with Crippen LogP contribution in [-0.2, 0) is 16.6 Å². The number of hydrogen-bond acceptors (Lipinski definition) is 6. The van der Waals surface area contributed by atoms with Crippen molar-refractivity contribution in [2.45, 2.75) is 31.4 Å². The molecule has 0 saturated carbocycles. The zero-order chi connectivity index (χ0) is 22.7. The molecule has 1 aliphatic rings. The summed E-state index contributed by atoms with van der Waals surface area (Å²) >= 11 is 0. The predicted octanol–water partition coefficient (Wildman–Crippen LogP) is 4.05. The Morgan fingerprint density at radius 2 is 1.88 bits per heavy atom. The van der Waals surface area contributed by atoms with Gasteiger partial charge in [0, 0.05) is 18.5 Å². The third-order valence-electron chi connectivity index (χ3n) is 4.74. The third kappa shape index (κ3) is 4.38. The zero-order valence-corrected chi connectivity index (χ0v) is 18.8. The number of methoxy groups -OCH3 is 1. The summed E-state index contributed by atoms with van der Waals surface area (Å²) in [6.07, 6.45) is 2.82. The Kier molecular flexibility index (Phi) is 6.00. The topological polar surface area (TPSA) is 93.1 Å². The molecule has 1 aliphatic heterocycles. The number of nitrogens with zero attached hydrogens (tertiary/aromatic N) is 3. The fourth-order valence-electron chi connectivity index (χ4n) is 3.29. The normalized spacial score (nSPS) is 15.9. The van der Waals surface area contributed by atoms with Crippen molar-refractivity contribution in [3.8, 4) is 11.5 Å². The van der Waals surface area contributed by atoms with Crippen LogP contribution >= 0.6 is 0 Å². The summed E-state index contributed by atoms with van der Waals surface area (Å²) in [5, 5.41) is 3.15. The Bertz CT molecular complexity index is 1240. The molecule has 1 N–H and O–H groups in total. The van der Waals surface area contributed by atoms with Gasteiger partial charge in [0.05, 0.1) is 31.1 Å². The highest BCUT2D eigenvalue weighted by atomic mass is 32.2. The first kappa shape index (κ1) is 21.6. The second-order valence-corrected chi connectivity index (χ2v) is 9.17. The Morgan fingerprint density at radius 1 is 1.09 bits per heavy atom. The molecule has 0 aliphatic carbocycles. The van der Waals surface area contributed by atoms with E-state index in [2.05, 4.69) is 15.3 Å². The van der Waals surface area contributed by atoms with Crippen molar-refractivity contribution in [1.29, 1.82) is 0 Å². The molecule has 0 saturated heterocycles. The maximum Gasteiger partial charge on any atom is 0.274 e. The van der Waals surface area contributed by atoms with Crippen molar-refractivity contribution in [3.05, 3.63) is 72.6 Å². The number of guanidine groups is 1. The Hall–Kier alpha value is -3.59. The van der Waals surface area contributed by atoms with Gasteiger partial charge >= 0.3 is 0 Å². The number of anilines is 2. The Balaban J connectivity index is 1.77. The lowest BCUT2D eigenvalue weighted by atomic mass is 10.2. The van der Waals surface area contributed by atoms with E-state index in [0.717, 1.165) is 11.3 Å². The molecule has 4 rings (SSSR count). The summed E-state index contributed by atoms with van der Waals surface area (Å²) < 4.78 is 39.2. The van der Waals surface area contributed by atoms with Gasteiger partial charge in [0.25, 0.3) is 10.0 Å². The summed E-state index contributed by atoms with van der Waals surface area (Å²) in [5.41, 5.74) is 1.76. The number of benzene rings is 2. The van der Waals surface area contributed by atoms with E-state index in [-0.39, 0.29) is 23.5 Å². The maximum absolute atomic E-state index is 13.6. The van der Waals surface area contributed by atoms with Crippen molar-refractivity contribution in [2.24, 2.45) is 4.99 Å². The number of aromatic nitrogens is 1. The highest BCUT2D eigenvalue weighted by molar-refractivity contribution is 7.94. The van der Waals surface area contributed by atoms with Crippen LogP contribution < -0.4 is 19.1 Å². The number of pyridine rings is 1. The molecule has 0 amide bonds. The second-order valence-electron chi connectivity index (χ2n) is 7.42. The van der Waals surface area contributed by atoms with Crippen molar-refractivity contribution in [1.82, 2.24) is 4.98 Å². The zero-order valence-electron chi connectivity index (χ0n) is 18.0. The summed E-state index contributed by atoms with van der Waals surface area (Å²) in [5.74, 6) is 1.50. The molecule has 0 atom stereocenters. The largest absolute Gasteiger partial charge is 0.497 e. The minimum Gasteiger partial charge on any atom is -0.497 e. The molecule has 0 bridgehead atoms. The lowest BCUT2D eigenvalue weighted by molar-refractivity contribution is 0.242. The molecule has 1 aromatic heterocycles. The molecule has 0 unspecified atom stereocenters. The fourth-order valence-corrected chi connectivity index (χ4v) is 4.80. The summed E-state index contributed by atoms with van der Waals surface area (Å²) in [4.78, 5) is 8.68. The number of aliphatic imine (C=N–C) groups is 1. The number of rotatable bonds is 6. The number of fused-ring (bicyclic) bond motifs is 1. The predicted molar refractivity (Wildman–Crippen MR) is 124 cm³/mol. The molecule has 2 heterocycles. The average molecular weight is 453 g/mol. The number of nitrogens with one attached hydrogen (secondary N) is 1. The van der Waals surface area contributed by atoms with Crippen LogP contribution in [0.15, 0.2) is 76.9 Å². The van der Waals surface area contributed by atoms with Gasteiger partial charge in [0.1, 0.15) is 16.4 Å². The smallest absolute Gasteiger partial charge is 0.274 e. The van der Waals surface area contributed by atoms with E-state index in [1.807, 2.05) is 38.1 Å². The molecule has 166 valence electrons. The molecule has 0 spiro atoms. The lowest BCUT2D eigenvalue weighted by Crippen LogP contribution is -2.45. The molecule has 32 heavy (non-hydrogen) atoms. The van der Waals surface area contributed by atoms with Gasteiger partial charge in [-0.25, -0.2) is 17.7 Å². The molecule has 0 radical (unpaired) electrons. The van der Waals surface area contributed by atoms with Crippen molar-refractivity contribution >= 4 is 27.4 Å². The lowest BCUT2D eigenvalue weighted by Gasteiger charge is -2.31. The van der Waals surface area contributed by atoms with Crippen molar-refractivity contribution in [2.75, 3.05) is 16.7 Å². The van der Waals surface area contributed by atoms with Crippen LogP contribution in [0.25, 0.3) is 0 Å². The van der Waals surface area contributed by atoms with Gasteiger partial charge < -0.3 is 14.8 Å². The second kappa shape index (κ2) is 8.88. The van der Waals surface area contributed by atoms with Gasteiger partial charge in [-0.05, 0) is 49.7 Å². The summed E-state index contributed by atoms with van der Waals surface area (Å²) in [7, 11) is -2.34. The van der Waals surface area contributed by atoms with Gasteiger partial charge in [0.2, 0.25) is 5.96 Å². The van der Waals surface area contributed by atoms with Crippen molar-refractivity contribution < 1.29 is 17.9 Å². The van der Waals surface area contributed by atoms with Crippen molar-refractivity contribution in [3.63, 3.8) is 0 Å². The van der Waals surface area contributed by atoms with E-state index in [1.165, 1.54) is 16.7 Å². The van der Waals surface area contributed by atoms with Crippen LogP contribution in [0, 0.1) is 0 Å². The number of sulfonamides is 1. The quantitative estimate of drug-likeness (QED) is 0.606. The molecule has 9 heteroatoms. The van der Waals surface area contributed by atoms with Gasteiger partial charge in [-0.2, -0.15) is 0 Å². The Morgan fingerprint density at radius 3 is 2.59 bits per heavy atom. The van der Waals surface area contributed by atoms with E-state index in [0.29, 0.717) is 17.1 Å². The van der Waals surface area contributed by atoms with Gasteiger partial charge in [-0.1, -0.05) is 18.2 Å². The molecular weight excluding hydrogens is 428 g/mol.